The van der Waals surface area contributed by atoms with E-state index in [1.54, 1.807) is 12.1 Å². The highest BCUT2D eigenvalue weighted by molar-refractivity contribution is 7.89. The predicted molar refractivity (Wildman–Crippen MR) is 71.8 cm³/mol. The Morgan fingerprint density at radius 1 is 1.40 bits per heavy atom. The summed E-state index contributed by atoms with van der Waals surface area (Å²) >= 11 is 0. The van der Waals surface area contributed by atoms with E-state index in [2.05, 4.69) is 0 Å². The van der Waals surface area contributed by atoms with Gasteiger partial charge in [-0.3, -0.25) is 4.79 Å². The number of primary amides is 1. The van der Waals surface area contributed by atoms with Crippen LogP contribution in [0.15, 0.2) is 29.2 Å². The minimum Gasteiger partial charge on any atom is -0.369 e. The van der Waals surface area contributed by atoms with Crippen molar-refractivity contribution in [3.63, 3.8) is 0 Å². The zero-order valence-corrected chi connectivity index (χ0v) is 11.6. The van der Waals surface area contributed by atoms with Crippen LogP contribution in [-0.2, 0) is 14.8 Å². The van der Waals surface area contributed by atoms with Gasteiger partial charge in [0, 0.05) is 13.1 Å². The van der Waals surface area contributed by atoms with Crippen molar-refractivity contribution in [2.24, 2.45) is 11.7 Å². The van der Waals surface area contributed by atoms with Crippen molar-refractivity contribution in [1.29, 1.82) is 5.26 Å². The number of nitrogens with zero attached hydrogens (tertiary/aromatic N) is 2. The highest BCUT2D eigenvalue weighted by atomic mass is 32.2. The molecular formula is C13H15N3O3S. The molecule has 2 rings (SSSR count). The molecule has 0 aromatic heterocycles. The number of hydrogen-bond acceptors (Lipinski definition) is 4. The molecule has 0 spiro atoms. The van der Waals surface area contributed by atoms with Crippen molar-refractivity contribution in [2.75, 3.05) is 13.1 Å². The third-order valence-electron chi connectivity index (χ3n) is 3.41. The summed E-state index contributed by atoms with van der Waals surface area (Å²) in [7, 11) is -3.77. The number of sulfonamides is 1. The molecule has 1 saturated heterocycles. The first-order chi connectivity index (χ1) is 9.46. The van der Waals surface area contributed by atoms with Crippen LogP contribution in [0.4, 0.5) is 0 Å². The normalized spacial score (nSPS) is 20.2. The third-order valence-corrected chi connectivity index (χ3v) is 5.34. The van der Waals surface area contributed by atoms with E-state index in [9.17, 15) is 13.2 Å². The molecule has 2 N–H and O–H groups in total. The number of benzene rings is 1. The molecule has 1 aromatic rings. The fraction of sp³-hybridized carbons (Fsp3) is 0.385. The van der Waals surface area contributed by atoms with Gasteiger partial charge in [0.15, 0.2) is 0 Å². The molecule has 6 nitrogen and oxygen atoms in total. The van der Waals surface area contributed by atoms with Gasteiger partial charge in [-0.1, -0.05) is 12.1 Å². The summed E-state index contributed by atoms with van der Waals surface area (Å²) in [6, 6.07) is 7.93. The van der Waals surface area contributed by atoms with Crippen molar-refractivity contribution in [1.82, 2.24) is 4.31 Å². The SMILES string of the molecule is N#Cc1ccccc1S(=O)(=O)N1CCCC(C(N)=O)C1. The highest BCUT2D eigenvalue weighted by Crippen LogP contribution is 2.25. The third kappa shape index (κ3) is 2.66. The van der Waals surface area contributed by atoms with Gasteiger partial charge in [0.25, 0.3) is 0 Å². The lowest BCUT2D eigenvalue weighted by atomic mass is 9.99. The molecule has 1 atom stereocenters. The Bertz CT molecular complexity index is 664. The second-order valence-corrected chi connectivity index (χ2v) is 6.62. The van der Waals surface area contributed by atoms with E-state index in [4.69, 9.17) is 11.0 Å². The number of amides is 1. The molecular weight excluding hydrogens is 278 g/mol. The van der Waals surface area contributed by atoms with Gasteiger partial charge in [-0.2, -0.15) is 9.57 Å². The van der Waals surface area contributed by atoms with Crippen LogP contribution in [0.5, 0.6) is 0 Å². The quantitative estimate of drug-likeness (QED) is 0.873. The summed E-state index contributed by atoms with van der Waals surface area (Å²) in [5.41, 5.74) is 5.36. The minimum atomic E-state index is -3.77. The molecule has 1 fully saturated rings. The van der Waals surface area contributed by atoms with Crippen molar-refractivity contribution in [3.8, 4) is 6.07 Å². The molecule has 0 saturated carbocycles. The first kappa shape index (κ1) is 14.5. The van der Waals surface area contributed by atoms with Crippen LogP contribution in [0.3, 0.4) is 0 Å². The van der Waals surface area contributed by atoms with Gasteiger partial charge in [-0.15, -0.1) is 0 Å². The molecule has 7 heteroatoms. The van der Waals surface area contributed by atoms with E-state index in [0.717, 1.165) is 0 Å². The van der Waals surface area contributed by atoms with E-state index in [0.29, 0.717) is 19.4 Å². The summed E-state index contributed by atoms with van der Waals surface area (Å²) in [6.45, 7) is 0.420. The maximum Gasteiger partial charge on any atom is 0.244 e. The van der Waals surface area contributed by atoms with Crippen molar-refractivity contribution >= 4 is 15.9 Å². The number of nitrogens with two attached hydrogens (primary N) is 1. The van der Waals surface area contributed by atoms with Crippen LogP contribution in [0, 0.1) is 17.2 Å². The number of nitriles is 1. The lowest BCUT2D eigenvalue weighted by Crippen LogP contribution is -2.44. The van der Waals surface area contributed by atoms with E-state index in [-0.39, 0.29) is 17.0 Å². The fourth-order valence-electron chi connectivity index (χ4n) is 2.32. The Morgan fingerprint density at radius 2 is 2.10 bits per heavy atom. The number of rotatable bonds is 3. The maximum atomic E-state index is 12.6. The summed E-state index contributed by atoms with van der Waals surface area (Å²) in [6.07, 6.45) is 1.18. The Balaban J connectivity index is 2.35. The number of piperidine rings is 1. The molecule has 1 aliphatic rings. The first-order valence-electron chi connectivity index (χ1n) is 6.25. The number of carbonyl (C=O) groups excluding carboxylic acids is 1. The largest absolute Gasteiger partial charge is 0.369 e. The van der Waals surface area contributed by atoms with E-state index in [1.807, 2.05) is 6.07 Å². The molecule has 1 aromatic carbocycles. The van der Waals surface area contributed by atoms with Gasteiger partial charge in [-0.05, 0) is 25.0 Å². The second kappa shape index (κ2) is 5.61. The van der Waals surface area contributed by atoms with Gasteiger partial charge in [0.05, 0.1) is 16.4 Å². The summed E-state index contributed by atoms with van der Waals surface area (Å²) in [5.74, 6) is -0.953. The van der Waals surface area contributed by atoms with Gasteiger partial charge in [0.2, 0.25) is 15.9 Å². The van der Waals surface area contributed by atoms with Crippen molar-refractivity contribution in [3.05, 3.63) is 29.8 Å². The Morgan fingerprint density at radius 3 is 2.75 bits per heavy atom. The summed E-state index contributed by atoms with van der Waals surface area (Å²) < 4.78 is 26.4. The summed E-state index contributed by atoms with van der Waals surface area (Å²) in [5, 5.41) is 9.01. The predicted octanol–water partition coefficient (Wildman–Crippen LogP) is 0.444. The van der Waals surface area contributed by atoms with E-state index >= 15 is 0 Å². The Kier molecular flexibility index (Phi) is 4.06. The molecule has 0 radical (unpaired) electrons. The highest BCUT2D eigenvalue weighted by Gasteiger charge is 2.33. The van der Waals surface area contributed by atoms with E-state index < -0.39 is 21.8 Å². The monoisotopic (exact) mass is 293 g/mol. The molecule has 1 unspecified atom stereocenters. The number of carbonyl (C=O) groups is 1. The van der Waals surface area contributed by atoms with Crippen LogP contribution in [0.2, 0.25) is 0 Å². The summed E-state index contributed by atoms with van der Waals surface area (Å²) in [4.78, 5) is 11.2. The second-order valence-electron chi connectivity index (χ2n) is 4.71. The average Bonchev–Trinajstić information content (AvgIpc) is 2.47. The lowest BCUT2D eigenvalue weighted by molar-refractivity contribution is -0.122. The van der Waals surface area contributed by atoms with Gasteiger partial charge in [0.1, 0.15) is 6.07 Å². The Hall–Kier alpha value is -1.91. The van der Waals surface area contributed by atoms with Gasteiger partial charge in [-0.25, -0.2) is 8.42 Å². The van der Waals surface area contributed by atoms with Crippen molar-refractivity contribution < 1.29 is 13.2 Å². The van der Waals surface area contributed by atoms with Gasteiger partial charge >= 0.3 is 0 Å². The topological polar surface area (TPSA) is 104 Å². The molecule has 20 heavy (non-hydrogen) atoms. The number of hydrogen-bond donors (Lipinski definition) is 1. The first-order valence-corrected chi connectivity index (χ1v) is 7.69. The maximum absolute atomic E-state index is 12.6. The molecule has 0 bridgehead atoms. The van der Waals surface area contributed by atoms with Crippen LogP contribution in [0.1, 0.15) is 18.4 Å². The standard InChI is InChI=1S/C13H15N3O3S/c14-8-10-4-1-2-6-12(10)20(18,19)16-7-3-5-11(9-16)13(15)17/h1-2,4,6,11H,3,5,7,9H2,(H2,15,17). The zero-order chi connectivity index (χ0) is 14.8. The fourth-order valence-corrected chi connectivity index (χ4v) is 3.98. The van der Waals surface area contributed by atoms with Crippen LogP contribution in [0.25, 0.3) is 0 Å². The van der Waals surface area contributed by atoms with Crippen LogP contribution < -0.4 is 5.73 Å². The Labute approximate surface area is 117 Å². The zero-order valence-electron chi connectivity index (χ0n) is 10.8. The average molecular weight is 293 g/mol. The van der Waals surface area contributed by atoms with Crippen LogP contribution in [-0.4, -0.2) is 31.7 Å². The smallest absolute Gasteiger partial charge is 0.244 e. The molecule has 0 aliphatic carbocycles. The minimum absolute atomic E-state index is 0.0207. The molecule has 1 heterocycles. The lowest BCUT2D eigenvalue weighted by Gasteiger charge is -2.30. The van der Waals surface area contributed by atoms with E-state index in [1.165, 1.54) is 16.4 Å². The van der Waals surface area contributed by atoms with Crippen molar-refractivity contribution in [2.45, 2.75) is 17.7 Å². The van der Waals surface area contributed by atoms with Crippen LogP contribution >= 0.6 is 0 Å². The molecule has 106 valence electrons. The molecule has 1 amide bonds. The van der Waals surface area contributed by atoms with Gasteiger partial charge < -0.3 is 5.73 Å². The molecule has 1 aliphatic heterocycles.